The van der Waals surface area contributed by atoms with Crippen molar-refractivity contribution in [2.24, 2.45) is 0 Å². The maximum absolute atomic E-state index is 8.38. The average Bonchev–Trinajstić information content (AvgIpc) is 2.79. The molecular formula is C14H20N2O. The summed E-state index contributed by atoms with van der Waals surface area (Å²) < 4.78 is 52.7. The highest BCUT2D eigenvalue weighted by Gasteiger charge is 2.08. The van der Waals surface area contributed by atoms with Gasteiger partial charge in [0.05, 0.1) is 13.9 Å². The van der Waals surface area contributed by atoms with E-state index in [1.165, 1.54) is 22.5 Å². The minimum absolute atomic E-state index is 0.192. The van der Waals surface area contributed by atoms with Gasteiger partial charge in [0, 0.05) is 31.0 Å². The van der Waals surface area contributed by atoms with Gasteiger partial charge in [-0.2, -0.15) is 0 Å². The normalized spacial score (nSPS) is 21.9. The number of rotatable bonds is 4. The van der Waals surface area contributed by atoms with Crippen molar-refractivity contribution in [2.75, 3.05) is 21.1 Å². The first-order chi connectivity index (χ1) is 10.4. The molecule has 3 heteroatoms. The molecule has 17 heavy (non-hydrogen) atoms. The van der Waals surface area contributed by atoms with Crippen molar-refractivity contribution in [1.29, 1.82) is 0 Å². The molecule has 1 aromatic carbocycles. The summed E-state index contributed by atoms with van der Waals surface area (Å²) in [5, 5.41) is 0.644. The van der Waals surface area contributed by atoms with Crippen molar-refractivity contribution in [2.45, 2.75) is 19.4 Å². The molecule has 1 atom stereocenters. The summed E-state index contributed by atoms with van der Waals surface area (Å²) in [7, 11) is 0.771. The molecule has 0 spiro atoms. The SMILES string of the molecule is [2H]C([2H])([2H])Oc1ccc2c(ccn2C([2H])([2H])[C@@]([2H])(C)N(C)C)c1. The highest BCUT2D eigenvalue weighted by Crippen LogP contribution is 2.22. The number of hydrogen-bond donors (Lipinski definition) is 0. The van der Waals surface area contributed by atoms with E-state index >= 15 is 0 Å². The monoisotopic (exact) mass is 238 g/mol. The van der Waals surface area contributed by atoms with E-state index < -0.39 is 19.6 Å². The third-order valence-electron chi connectivity index (χ3n) is 2.73. The largest absolute Gasteiger partial charge is 0.497 e. The molecule has 0 unspecified atom stereocenters. The topological polar surface area (TPSA) is 17.4 Å². The quantitative estimate of drug-likeness (QED) is 0.814. The first-order valence-corrected chi connectivity index (χ1v) is 5.34. The van der Waals surface area contributed by atoms with Crippen LogP contribution in [-0.4, -0.2) is 36.6 Å². The second-order valence-corrected chi connectivity index (χ2v) is 4.10. The molecule has 0 amide bonds. The van der Waals surface area contributed by atoms with Gasteiger partial charge in [-0.1, -0.05) is 0 Å². The molecule has 0 radical (unpaired) electrons. The van der Waals surface area contributed by atoms with Crippen LogP contribution in [0.3, 0.4) is 0 Å². The first kappa shape index (κ1) is 6.45. The van der Waals surface area contributed by atoms with Crippen LogP contribution in [0.2, 0.25) is 0 Å². The second-order valence-electron chi connectivity index (χ2n) is 4.10. The highest BCUT2D eigenvalue weighted by molar-refractivity contribution is 5.81. The summed E-state index contributed by atoms with van der Waals surface area (Å²) in [5.74, 6) is 0.192. The molecule has 0 aliphatic rings. The van der Waals surface area contributed by atoms with Gasteiger partial charge < -0.3 is 14.2 Å². The van der Waals surface area contributed by atoms with Crippen LogP contribution in [0, 0.1) is 0 Å². The number of nitrogens with zero attached hydrogens (tertiary/aromatic N) is 2. The van der Waals surface area contributed by atoms with E-state index in [0.29, 0.717) is 10.9 Å². The fraction of sp³-hybridized carbons (Fsp3) is 0.429. The molecule has 92 valence electrons. The number of hydrogen-bond acceptors (Lipinski definition) is 2. The van der Waals surface area contributed by atoms with Crippen LogP contribution in [-0.2, 0) is 6.50 Å². The third-order valence-corrected chi connectivity index (χ3v) is 2.73. The Kier molecular flexibility index (Phi) is 1.82. The van der Waals surface area contributed by atoms with Crippen molar-refractivity contribution in [3.8, 4) is 5.75 Å². The van der Waals surface area contributed by atoms with Gasteiger partial charge in [0.1, 0.15) is 5.75 Å². The minimum Gasteiger partial charge on any atom is -0.497 e. The predicted octanol–water partition coefficient (Wildman–Crippen LogP) is 2.60. The van der Waals surface area contributed by atoms with E-state index in [1.807, 2.05) is 0 Å². The molecule has 0 bridgehead atoms. The highest BCUT2D eigenvalue weighted by atomic mass is 16.5. The first-order valence-electron chi connectivity index (χ1n) is 8.34. The van der Waals surface area contributed by atoms with Crippen LogP contribution in [0.5, 0.6) is 5.75 Å². The zero-order valence-electron chi connectivity index (χ0n) is 16.2. The van der Waals surface area contributed by atoms with Crippen LogP contribution < -0.4 is 4.74 Å². The molecule has 0 saturated heterocycles. The molecular weight excluding hydrogens is 212 g/mol. The summed E-state index contributed by atoms with van der Waals surface area (Å²) >= 11 is 0. The van der Waals surface area contributed by atoms with E-state index in [9.17, 15) is 0 Å². The molecule has 1 heterocycles. The van der Waals surface area contributed by atoms with Crippen LogP contribution in [0.15, 0.2) is 30.5 Å². The average molecular weight is 238 g/mol. The van der Waals surface area contributed by atoms with Crippen LogP contribution in [0.25, 0.3) is 10.9 Å². The van der Waals surface area contributed by atoms with E-state index in [2.05, 4.69) is 0 Å². The van der Waals surface area contributed by atoms with Crippen LogP contribution in [0.4, 0.5) is 0 Å². The molecule has 0 N–H and O–H groups in total. The number of ether oxygens (including phenoxy) is 1. The Morgan fingerprint density at radius 1 is 1.53 bits per heavy atom. The fourth-order valence-electron chi connectivity index (χ4n) is 1.56. The molecule has 0 aliphatic heterocycles. The van der Waals surface area contributed by atoms with Gasteiger partial charge in [0.15, 0.2) is 0 Å². The Morgan fingerprint density at radius 2 is 2.35 bits per heavy atom. The van der Waals surface area contributed by atoms with Crippen LogP contribution >= 0.6 is 0 Å². The van der Waals surface area contributed by atoms with Gasteiger partial charge >= 0.3 is 0 Å². The molecule has 1 aromatic heterocycles. The number of fused-ring (bicyclic) bond motifs is 1. The lowest BCUT2D eigenvalue weighted by molar-refractivity contribution is 0.286. The van der Waals surface area contributed by atoms with Gasteiger partial charge in [-0.25, -0.2) is 0 Å². The zero-order chi connectivity index (χ0) is 17.6. The Labute approximate surface area is 111 Å². The Morgan fingerprint density at radius 3 is 3.06 bits per heavy atom. The smallest absolute Gasteiger partial charge is 0.119 e. The van der Waals surface area contributed by atoms with E-state index in [-0.39, 0.29) is 5.75 Å². The summed E-state index contributed by atoms with van der Waals surface area (Å²) in [6.45, 7) is -0.490. The van der Waals surface area contributed by atoms with Crippen LogP contribution in [0.1, 0.15) is 15.1 Å². The van der Waals surface area contributed by atoms with E-state index in [4.69, 9.17) is 13.0 Å². The van der Waals surface area contributed by atoms with Crippen molar-refractivity contribution in [1.82, 2.24) is 9.47 Å². The zero-order valence-corrected chi connectivity index (χ0v) is 10.2. The Bertz CT molecular complexity index is 705. The standard InChI is InChI=1S/C14H20N2O/c1-11(15(2)3)10-16-8-7-12-9-13(17-4)5-6-14(12)16/h5-9,11H,10H2,1-4H3/t11-/m1/s1/i4D3,10D2,11D. The number of benzene rings is 1. The maximum atomic E-state index is 8.38. The lowest BCUT2D eigenvalue weighted by atomic mass is 10.2. The van der Waals surface area contributed by atoms with Crippen molar-refractivity contribution < 1.29 is 13.0 Å². The van der Waals surface area contributed by atoms with Gasteiger partial charge in [-0.05, 0) is 45.3 Å². The fourth-order valence-corrected chi connectivity index (χ4v) is 1.56. The van der Waals surface area contributed by atoms with Crippen molar-refractivity contribution in [3.63, 3.8) is 0 Å². The Balaban J connectivity index is 2.48. The molecule has 2 aromatic rings. The summed E-state index contributed by atoms with van der Waals surface area (Å²) in [6.07, 6.45) is 1.56. The van der Waals surface area contributed by atoms with E-state index in [0.717, 1.165) is 0 Å². The summed E-state index contributed by atoms with van der Waals surface area (Å²) in [6, 6.07) is 4.81. The number of aromatic nitrogens is 1. The van der Waals surface area contributed by atoms with Crippen molar-refractivity contribution >= 4 is 10.9 Å². The lowest BCUT2D eigenvalue weighted by Crippen LogP contribution is -2.28. The summed E-state index contributed by atoms with van der Waals surface area (Å²) in [4.78, 5) is 1.50. The van der Waals surface area contributed by atoms with E-state index in [1.54, 1.807) is 38.5 Å². The lowest BCUT2D eigenvalue weighted by Gasteiger charge is -2.20. The second kappa shape index (κ2) is 4.80. The molecule has 0 saturated carbocycles. The molecule has 0 fully saturated rings. The van der Waals surface area contributed by atoms with Gasteiger partial charge in [0.25, 0.3) is 0 Å². The van der Waals surface area contributed by atoms with Gasteiger partial charge in [-0.15, -0.1) is 0 Å². The number of likely N-dealkylation sites (N-methyl/N-ethyl adjacent to an activating group) is 1. The number of methoxy groups -OCH3 is 1. The Hall–Kier alpha value is -1.48. The minimum atomic E-state index is -2.53. The van der Waals surface area contributed by atoms with Gasteiger partial charge in [-0.3, -0.25) is 0 Å². The third kappa shape index (κ3) is 2.44. The molecule has 2 rings (SSSR count). The van der Waals surface area contributed by atoms with Gasteiger partial charge in [0.2, 0.25) is 0 Å². The maximum Gasteiger partial charge on any atom is 0.119 e. The predicted molar refractivity (Wildman–Crippen MR) is 71.6 cm³/mol. The molecule has 3 nitrogen and oxygen atoms in total. The van der Waals surface area contributed by atoms with Crippen molar-refractivity contribution in [3.05, 3.63) is 30.5 Å². The molecule has 0 aliphatic carbocycles. The summed E-state index contributed by atoms with van der Waals surface area (Å²) in [5.41, 5.74) is 0.563.